The fraction of sp³-hybridized carbons (Fsp3) is 0.125. The number of rotatable bonds is 2. The summed E-state index contributed by atoms with van der Waals surface area (Å²) >= 11 is -1.97. The molecule has 0 aromatic heterocycles. The number of carbonyl (C=O) groups is 1. The molecule has 0 amide bonds. The molecule has 0 radical (unpaired) electrons. The van der Waals surface area contributed by atoms with E-state index in [4.69, 9.17) is 25.6 Å². The first-order chi connectivity index (χ1) is 6.56. The molecule has 0 unspecified atom stereocenters. The molecule has 0 aliphatic heterocycles. The van der Waals surface area contributed by atoms with Gasteiger partial charge in [-0.15, -0.1) is 12.4 Å². The van der Waals surface area contributed by atoms with Crippen LogP contribution >= 0.6 is 32.3 Å². The Hall–Kier alpha value is -0.0816. The van der Waals surface area contributed by atoms with Crippen LogP contribution in [0.5, 0.6) is 0 Å². The molecule has 2 N–H and O–H groups in total. The second-order valence-corrected chi connectivity index (χ2v) is 8.97. The second-order valence-electron chi connectivity index (χ2n) is 2.50. The van der Waals surface area contributed by atoms with Gasteiger partial charge in [-0.1, -0.05) is 0 Å². The molecule has 0 bridgehead atoms. The molecule has 0 heterocycles. The summed E-state index contributed by atoms with van der Waals surface area (Å²) in [6, 6.07) is 4.89. The zero-order valence-corrected chi connectivity index (χ0v) is 11.9. The van der Waals surface area contributed by atoms with Gasteiger partial charge >= 0.3 is 94.8 Å². The standard InChI is InChI=1S/C8H8AsCl2NO2.ClH/c1-14-8(13)6-3-2-5(9(10)11)4-7(6)12;/h2-4H,12H2,1H3;1H. The summed E-state index contributed by atoms with van der Waals surface area (Å²) in [6.45, 7) is 0. The number of anilines is 1. The Morgan fingerprint density at radius 2 is 2.07 bits per heavy atom. The van der Waals surface area contributed by atoms with Crippen LogP contribution in [0.25, 0.3) is 0 Å². The number of hydrogen-bond donors (Lipinski definition) is 1. The van der Waals surface area contributed by atoms with Gasteiger partial charge in [-0.2, -0.15) is 0 Å². The van der Waals surface area contributed by atoms with Crippen LogP contribution in [0, 0.1) is 0 Å². The summed E-state index contributed by atoms with van der Waals surface area (Å²) < 4.78 is 5.34. The van der Waals surface area contributed by atoms with Crippen LogP contribution in [0.2, 0.25) is 0 Å². The normalized spacial score (nSPS) is 9.60. The van der Waals surface area contributed by atoms with Crippen LogP contribution in [-0.2, 0) is 4.74 Å². The first kappa shape index (κ1) is 14.9. The predicted molar refractivity (Wildman–Crippen MR) is 66.5 cm³/mol. The molecule has 0 saturated carbocycles. The first-order valence-corrected chi connectivity index (χ1v) is 9.52. The van der Waals surface area contributed by atoms with E-state index in [1.165, 1.54) is 7.11 Å². The van der Waals surface area contributed by atoms with Gasteiger partial charge in [0.2, 0.25) is 0 Å². The molecule has 0 spiro atoms. The van der Waals surface area contributed by atoms with Gasteiger partial charge in [0.1, 0.15) is 0 Å². The number of benzene rings is 1. The molecule has 84 valence electrons. The molecule has 0 atom stereocenters. The Morgan fingerprint density at radius 3 is 2.47 bits per heavy atom. The van der Waals surface area contributed by atoms with E-state index in [1.54, 1.807) is 18.2 Å². The Balaban J connectivity index is 0.00000196. The smallest absolute Gasteiger partial charge is 0.147 e. The average Bonchev–Trinajstić information content (AvgIpc) is 2.16. The van der Waals surface area contributed by atoms with Gasteiger partial charge in [0, 0.05) is 0 Å². The predicted octanol–water partition coefficient (Wildman–Crippen LogP) is 1.65. The van der Waals surface area contributed by atoms with Gasteiger partial charge in [0.25, 0.3) is 0 Å². The van der Waals surface area contributed by atoms with Gasteiger partial charge in [0.05, 0.1) is 0 Å². The molecule has 1 aromatic carbocycles. The molecular weight excluding hydrogens is 323 g/mol. The number of esters is 1. The maximum absolute atomic E-state index is 11.2. The van der Waals surface area contributed by atoms with Crippen molar-refractivity contribution in [2.45, 2.75) is 0 Å². The number of hydrogen-bond acceptors (Lipinski definition) is 3. The van der Waals surface area contributed by atoms with Crippen molar-refractivity contribution in [3.63, 3.8) is 0 Å². The third-order valence-electron chi connectivity index (χ3n) is 1.64. The number of ether oxygens (including phenoxy) is 1. The quantitative estimate of drug-likeness (QED) is 0.509. The van der Waals surface area contributed by atoms with Crippen molar-refractivity contribution in [1.82, 2.24) is 0 Å². The van der Waals surface area contributed by atoms with Crippen LogP contribution in [-0.4, -0.2) is 25.8 Å². The molecule has 3 nitrogen and oxygen atoms in total. The van der Waals surface area contributed by atoms with Gasteiger partial charge < -0.3 is 0 Å². The van der Waals surface area contributed by atoms with Gasteiger partial charge in [-0.25, -0.2) is 0 Å². The maximum Gasteiger partial charge on any atom is -0.147 e. The number of halogens is 3. The Bertz CT molecular complexity index is 360. The van der Waals surface area contributed by atoms with Crippen LogP contribution in [0.1, 0.15) is 10.4 Å². The van der Waals surface area contributed by atoms with Gasteiger partial charge in [-0.05, 0) is 0 Å². The monoisotopic (exact) mass is 331 g/mol. The molecule has 1 rings (SSSR count). The number of carbonyl (C=O) groups excluding carboxylic acids is 1. The van der Waals surface area contributed by atoms with E-state index in [0.29, 0.717) is 11.3 Å². The summed E-state index contributed by atoms with van der Waals surface area (Å²) in [6.07, 6.45) is 0. The minimum Gasteiger partial charge on any atom is -0.147 e. The van der Waals surface area contributed by atoms with E-state index in [0.717, 1.165) is 4.35 Å². The second kappa shape index (κ2) is 6.49. The summed E-state index contributed by atoms with van der Waals surface area (Å²) in [4.78, 5) is 11.2. The largest absolute Gasteiger partial charge is 0.147 e. The molecule has 0 fully saturated rings. The fourth-order valence-corrected chi connectivity index (χ4v) is 2.93. The van der Waals surface area contributed by atoms with E-state index in [2.05, 4.69) is 4.74 Å². The number of nitrogen functional groups attached to an aromatic ring is 1. The van der Waals surface area contributed by atoms with E-state index in [-0.39, 0.29) is 12.4 Å². The van der Waals surface area contributed by atoms with Crippen molar-refractivity contribution in [2.75, 3.05) is 12.8 Å². The van der Waals surface area contributed by atoms with E-state index in [9.17, 15) is 4.79 Å². The molecule has 7 heteroatoms. The molecule has 1 aromatic rings. The topological polar surface area (TPSA) is 52.3 Å². The third-order valence-corrected chi connectivity index (χ3v) is 5.07. The van der Waals surface area contributed by atoms with Crippen molar-refractivity contribution >= 4 is 61.1 Å². The molecule has 0 saturated heterocycles. The SMILES string of the molecule is COC(=O)c1ccc([As](Cl)Cl)cc1N.Cl. The number of methoxy groups -OCH3 is 1. The summed E-state index contributed by atoms with van der Waals surface area (Å²) in [5.74, 6) is -0.461. The van der Waals surface area contributed by atoms with Gasteiger partial charge in [0.15, 0.2) is 0 Å². The Morgan fingerprint density at radius 1 is 1.47 bits per heavy atom. The molecule has 0 aliphatic carbocycles. The van der Waals surface area contributed by atoms with Crippen molar-refractivity contribution in [1.29, 1.82) is 0 Å². The zero-order chi connectivity index (χ0) is 10.7. The molecule has 0 aliphatic rings. The van der Waals surface area contributed by atoms with E-state index in [1.807, 2.05) is 0 Å². The summed E-state index contributed by atoms with van der Waals surface area (Å²) in [5, 5.41) is 0. The van der Waals surface area contributed by atoms with Crippen molar-refractivity contribution < 1.29 is 9.53 Å². The van der Waals surface area contributed by atoms with Crippen LogP contribution < -0.4 is 10.1 Å². The zero-order valence-electron chi connectivity index (χ0n) is 7.74. The third kappa shape index (κ3) is 3.76. The van der Waals surface area contributed by atoms with Crippen molar-refractivity contribution in [3.05, 3.63) is 23.8 Å². The Labute approximate surface area is 107 Å². The van der Waals surface area contributed by atoms with Gasteiger partial charge in [-0.3, -0.25) is 0 Å². The number of nitrogens with two attached hydrogens (primary N) is 1. The minimum absolute atomic E-state index is 0. The van der Waals surface area contributed by atoms with Crippen molar-refractivity contribution in [2.24, 2.45) is 0 Å². The first-order valence-electron chi connectivity index (χ1n) is 3.65. The Kier molecular flexibility index (Phi) is 6.45. The van der Waals surface area contributed by atoms with E-state index >= 15 is 0 Å². The van der Waals surface area contributed by atoms with Crippen molar-refractivity contribution in [3.8, 4) is 0 Å². The van der Waals surface area contributed by atoms with Crippen LogP contribution in [0.4, 0.5) is 5.69 Å². The summed E-state index contributed by atoms with van der Waals surface area (Å²) in [7, 11) is 12.9. The minimum atomic E-state index is -1.97. The maximum atomic E-state index is 11.2. The summed E-state index contributed by atoms with van der Waals surface area (Å²) in [5.41, 5.74) is 6.32. The molecule has 15 heavy (non-hydrogen) atoms. The van der Waals surface area contributed by atoms with Crippen LogP contribution in [0.3, 0.4) is 0 Å². The van der Waals surface area contributed by atoms with Crippen LogP contribution in [0.15, 0.2) is 18.2 Å². The molecular formula is C8H9AsCl3NO2. The fourth-order valence-electron chi connectivity index (χ4n) is 0.951. The van der Waals surface area contributed by atoms with E-state index < -0.39 is 18.7 Å². The average molecular weight is 332 g/mol.